The number of aliphatic imine (C=N–C) groups is 1. The van der Waals surface area contributed by atoms with Crippen LogP contribution in [0.4, 0.5) is 5.69 Å². The lowest BCUT2D eigenvalue weighted by Gasteiger charge is -2.43. The zero-order valence-corrected chi connectivity index (χ0v) is 15.8. The molecular formula is C21H30N4O. The Kier molecular flexibility index (Phi) is 4.88. The smallest absolute Gasteiger partial charge is 0.227 e. The average molecular weight is 354 g/mol. The van der Waals surface area contributed by atoms with Gasteiger partial charge in [0.05, 0.1) is 0 Å². The number of benzene rings is 1. The van der Waals surface area contributed by atoms with Gasteiger partial charge in [0.2, 0.25) is 5.91 Å². The quantitative estimate of drug-likeness (QED) is 0.610. The molecule has 5 nitrogen and oxygen atoms in total. The van der Waals surface area contributed by atoms with Gasteiger partial charge in [0.25, 0.3) is 0 Å². The largest absolute Gasteiger partial charge is 0.356 e. The Morgan fingerprint density at radius 3 is 2.50 bits per heavy atom. The van der Waals surface area contributed by atoms with Crippen molar-refractivity contribution in [2.75, 3.05) is 25.0 Å². The number of nitrogens with one attached hydrogen (secondary N) is 2. The molecule has 26 heavy (non-hydrogen) atoms. The molecule has 140 valence electrons. The lowest BCUT2D eigenvalue weighted by atomic mass is 9.65. The van der Waals surface area contributed by atoms with Gasteiger partial charge in [0.1, 0.15) is 0 Å². The first kappa shape index (κ1) is 17.4. The topological polar surface area (TPSA) is 56.7 Å². The van der Waals surface area contributed by atoms with Crippen molar-refractivity contribution in [3.63, 3.8) is 0 Å². The van der Waals surface area contributed by atoms with Crippen LogP contribution in [0, 0.1) is 11.3 Å². The zero-order chi connectivity index (χ0) is 18.0. The minimum absolute atomic E-state index is 0.237. The molecule has 1 aromatic carbocycles. The Labute approximate surface area is 156 Å². The van der Waals surface area contributed by atoms with Crippen LogP contribution in [-0.2, 0) is 11.3 Å². The molecule has 3 fully saturated rings. The number of amides is 1. The highest BCUT2D eigenvalue weighted by molar-refractivity contribution is 5.95. The third-order valence-electron chi connectivity index (χ3n) is 6.41. The van der Waals surface area contributed by atoms with Gasteiger partial charge in [-0.25, -0.2) is 0 Å². The SMILES string of the molecule is CN=C(NCc1ccc(N2CCCC2=O)cc1)NCC1(C2CC2)CCC1. The molecule has 2 aliphatic carbocycles. The van der Waals surface area contributed by atoms with Gasteiger partial charge in [-0.1, -0.05) is 18.6 Å². The number of nitrogens with zero attached hydrogens (tertiary/aromatic N) is 2. The van der Waals surface area contributed by atoms with Crippen LogP contribution in [0.5, 0.6) is 0 Å². The Hall–Kier alpha value is -2.04. The number of carbonyl (C=O) groups is 1. The highest BCUT2D eigenvalue weighted by atomic mass is 16.2. The van der Waals surface area contributed by atoms with E-state index in [9.17, 15) is 4.79 Å². The molecule has 2 N–H and O–H groups in total. The van der Waals surface area contributed by atoms with Crippen LogP contribution in [0.3, 0.4) is 0 Å². The normalized spacial score (nSPS) is 22.3. The maximum absolute atomic E-state index is 11.8. The fourth-order valence-corrected chi connectivity index (χ4v) is 4.44. The summed E-state index contributed by atoms with van der Waals surface area (Å²) < 4.78 is 0. The van der Waals surface area contributed by atoms with E-state index in [1.807, 2.05) is 24.1 Å². The summed E-state index contributed by atoms with van der Waals surface area (Å²) in [7, 11) is 1.84. The number of rotatable bonds is 6. The van der Waals surface area contributed by atoms with Gasteiger partial charge in [0.15, 0.2) is 5.96 Å². The van der Waals surface area contributed by atoms with Gasteiger partial charge in [-0.15, -0.1) is 0 Å². The van der Waals surface area contributed by atoms with Crippen molar-refractivity contribution < 1.29 is 4.79 Å². The number of hydrogen-bond donors (Lipinski definition) is 2. The standard InChI is InChI=1S/C21H30N4O/c1-22-20(24-15-21(11-3-12-21)17-7-8-17)23-14-16-5-9-18(10-6-16)25-13-2-4-19(25)26/h5-6,9-10,17H,2-4,7-8,11-15H2,1H3,(H2,22,23,24). The molecule has 0 unspecified atom stereocenters. The minimum Gasteiger partial charge on any atom is -0.356 e. The zero-order valence-electron chi connectivity index (χ0n) is 15.8. The van der Waals surface area contributed by atoms with Gasteiger partial charge in [0, 0.05) is 38.8 Å². The molecule has 0 bridgehead atoms. The van der Waals surface area contributed by atoms with Crippen molar-refractivity contribution in [2.24, 2.45) is 16.3 Å². The van der Waals surface area contributed by atoms with E-state index in [1.54, 1.807) is 0 Å². The third kappa shape index (κ3) is 3.57. The van der Waals surface area contributed by atoms with Crippen molar-refractivity contribution in [1.82, 2.24) is 10.6 Å². The molecule has 0 radical (unpaired) electrons. The second-order valence-corrected chi connectivity index (χ2v) is 8.08. The molecule has 4 rings (SSSR count). The molecule has 2 saturated carbocycles. The van der Waals surface area contributed by atoms with E-state index < -0.39 is 0 Å². The number of carbonyl (C=O) groups excluding carboxylic acids is 1. The van der Waals surface area contributed by atoms with Crippen LogP contribution in [0.15, 0.2) is 29.3 Å². The molecule has 0 atom stereocenters. The van der Waals surface area contributed by atoms with Crippen molar-refractivity contribution in [1.29, 1.82) is 0 Å². The van der Waals surface area contributed by atoms with Crippen molar-refractivity contribution in [3.8, 4) is 0 Å². The summed E-state index contributed by atoms with van der Waals surface area (Å²) in [6, 6.07) is 8.29. The Morgan fingerprint density at radius 1 is 1.19 bits per heavy atom. The maximum Gasteiger partial charge on any atom is 0.227 e. The van der Waals surface area contributed by atoms with E-state index in [0.29, 0.717) is 11.8 Å². The minimum atomic E-state index is 0.237. The highest BCUT2D eigenvalue weighted by Crippen LogP contribution is 2.56. The molecule has 5 heteroatoms. The molecule has 0 spiro atoms. The van der Waals surface area contributed by atoms with Crippen molar-refractivity contribution in [3.05, 3.63) is 29.8 Å². The molecule has 0 aromatic heterocycles. The summed E-state index contributed by atoms with van der Waals surface area (Å²) in [6.45, 7) is 2.63. The van der Waals surface area contributed by atoms with Gasteiger partial charge < -0.3 is 15.5 Å². The molecule has 1 aromatic rings. The van der Waals surface area contributed by atoms with Crippen LogP contribution in [0.25, 0.3) is 0 Å². The summed E-state index contributed by atoms with van der Waals surface area (Å²) in [5, 5.41) is 6.97. The van der Waals surface area contributed by atoms with Gasteiger partial charge >= 0.3 is 0 Å². The van der Waals surface area contributed by atoms with Crippen LogP contribution < -0.4 is 15.5 Å². The van der Waals surface area contributed by atoms with Gasteiger partial charge in [-0.2, -0.15) is 0 Å². The van der Waals surface area contributed by atoms with Crippen molar-refractivity contribution >= 4 is 17.6 Å². The third-order valence-corrected chi connectivity index (χ3v) is 6.41. The summed E-state index contributed by atoms with van der Waals surface area (Å²) in [6.07, 6.45) is 8.60. The Morgan fingerprint density at radius 2 is 1.96 bits per heavy atom. The lowest BCUT2D eigenvalue weighted by Crippen LogP contribution is -2.47. The van der Waals surface area contributed by atoms with E-state index in [2.05, 4.69) is 27.8 Å². The summed E-state index contributed by atoms with van der Waals surface area (Å²) in [5.41, 5.74) is 2.75. The predicted octanol–water partition coefficient (Wildman–Crippen LogP) is 3.06. The number of anilines is 1. The van der Waals surface area contributed by atoms with E-state index in [0.717, 1.165) is 43.6 Å². The van der Waals surface area contributed by atoms with Gasteiger partial charge in [-0.3, -0.25) is 9.79 Å². The summed E-state index contributed by atoms with van der Waals surface area (Å²) in [4.78, 5) is 18.1. The molecule has 1 amide bonds. The van der Waals surface area contributed by atoms with Crippen LogP contribution in [0.2, 0.25) is 0 Å². The summed E-state index contributed by atoms with van der Waals surface area (Å²) in [5.74, 6) is 2.07. The van der Waals surface area contributed by atoms with E-state index in [-0.39, 0.29) is 5.91 Å². The molecule has 1 saturated heterocycles. The van der Waals surface area contributed by atoms with E-state index >= 15 is 0 Å². The molecule has 1 aliphatic heterocycles. The highest BCUT2D eigenvalue weighted by Gasteiger charge is 2.48. The predicted molar refractivity (Wildman–Crippen MR) is 105 cm³/mol. The summed E-state index contributed by atoms with van der Waals surface area (Å²) >= 11 is 0. The van der Waals surface area contributed by atoms with E-state index in [1.165, 1.54) is 37.7 Å². The fourth-order valence-electron chi connectivity index (χ4n) is 4.44. The second-order valence-electron chi connectivity index (χ2n) is 8.08. The van der Waals surface area contributed by atoms with Crippen molar-refractivity contribution in [2.45, 2.75) is 51.5 Å². The first-order valence-corrected chi connectivity index (χ1v) is 10.0. The molecule has 1 heterocycles. The Bertz CT molecular complexity index is 674. The number of hydrogen-bond acceptors (Lipinski definition) is 2. The Balaban J connectivity index is 1.27. The monoisotopic (exact) mass is 354 g/mol. The van der Waals surface area contributed by atoms with Crippen LogP contribution in [0.1, 0.15) is 50.5 Å². The van der Waals surface area contributed by atoms with Crippen LogP contribution >= 0.6 is 0 Å². The lowest BCUT2D eigenvalue weighted by molar-refractivity contribution is -0.117. The number of guanidine groups is 1. The fraction of sp³-hybridized carbons (Fsp3) is 0.619. The molecule has 3 aliphatic rings. The first-order chi connectivity index (χ1) is 12.7. The van der Waals surface area contributed by atoms with Crippen LogP contribution in [-0.4, -0.2) is 32.0 Å². The van der Waals surface area contributed by atoms with Gasteiger partial charge in [-0.05, 0) is 61.1 Å². The van der Waals surface area contributed by atoms with E-state index in [4.69, 9.17) is 0 Å². The second kappa shape index (κ2) is 7.29. The average Bonchev–Trinajstić information content (AvgIpc) is 3.38. The maximum atomic E-state index is 11.8. The first-order valence-electron chi connectivity index (χ1n) is 10.0. The molecular weight excluding hydrogens is 324 g/mol.